The van der Waals surface area contributed by atoms with Crippen LogP contribution < -0.4 is 16.4 Å². The van der Waals surface area contributed by atoms with Crippen LogP contribution in [0.5, 0.6) is 0 Å². The number of nitrogens with zero attached hydrogens (tertiary/aromatic N) is 5. The Hall–Kier alpha value is -4.05. The number of hydrogen-bond donors (Lipinski definition) is 2. The van der Waals surface area contributed by atoms with E-state index in [4.69, 9.17) is 30.6 Å². The Kier molecular flexibility index (Phi) is 5.81. The van der Waals surface area contributed by atoms with E-state index in [1.807, 2.05) is 24.3 Å². The molecule has 35 heavy (non-hydrogen) atoms. The van der Waals surface area contributed by atoms with E-state index in [0.717, 1.165) is 42.3 Å². The molecule has 0 unspecified atom stereocenters. The molecule has 1 aliphatic heterocycles. The van der Waals surface area contributed by atoms with Crippen molar-refractivity contribution < 1.29 is 13.9 Å². The lowest BCUT2D eigenvalue weighted by Crippen LogP contribution is -2.48. The largest absolute Gasteiger partial charge is 0.462 e. The van der Waals surface area contributed by atoms with Crippen molar-refractivity contribution in [3.05, 3.63) is 48.4 Å². The van der Waals surface area contributed by atoms with E-state index in [1.165, 1.54) is 6.39 Å². The van der Waals surface area contributed by atoms with Crippen LogP contribution >= 0.6 is 0 Å². The number of nitrogens with two attached hydrogens (primary N) is 2. The number of aromatic nitrogens is 4. The molecule has 0 amide bonds. The summed E-state index contributed by atoms with van der Waals surface area (Å²) >= 11 is 0. The molecule has 1 fully saturated rings. The zero-order chi connectivity index (χ0) is 24.6. The summed E-state index contributed by atoms with van der Waals surface area (Å²) in [7, 11) is 0. The second-order valence-electron chi connectivity index (χ2n) is 9.01. The number of carbonyl (C=O) groups excluding carboxylic acids is 1. The monoisotopic (exact) mass is 473 g/mol. The minimum Gasteiger partial charge on any atom is -0.462 e. The Labute approximate surface area is 202 Å². The van der Waals surface area contributed by atoms with Crippen LogP contribution in [0, 0.1) is 0 Å². The third-order valence-electron chi connectivity index (χ3n) is 6.30. The molecule has 0 saturated carbocycles. The molecular weight excluding hydrogens is 446 g/mol. The van der Waals surface area contributed by atoms with Gasteiger partial charge in [0, 0.05) is 24.2 Å². The fraction of sp³-hybridized carbons (Fsp3) is 0.320. The number of rotatable bonds is 5. The van der Waals surface area contributed by atoms with Crippen LogP contribution in [-0.4, -0.2) is 51.4 Å². The highest BCUT2D eigenvalue weighted by Gasteiger charge is 2.30. The second-order valence-corrected chi connectivity index (χ2v) is 9.01. The summed E-state index contributed by atoms with van der Waals surface area (Å²) in [4.78, 5) is 23.8. The number of benzene rings is 2. The third kappa shape index (κ3) is 4.52. The zero-order valence-corrected chi connectivity index (χ0v) is 19.7. The van der Waals surface area contributed by atoms with Gasteiger partial charge in [-0.3, -0.25) is 0 Å². The minimum atomic E-state index is -0.346. The van der Waals surface area contributed by atoms with Gasteiger partial charge >= 0.3 is 5.97 Å². The van der Waals surface area contributed by atoms with Gasteiger partial charge in [0.25, 0.3) is 5.89 Å². The molecule has 0 spiro atoms. The van der Waals surface area contributed by atoms with Crippen molar-refractivity contribution in [2.75, 3.05) is 30.3 Å². The number of anilines is 2. The number of hydrogen-bond acceptors (Lipinski definition) is 10. The van der Waals surface area contributed by atoms with Crippen molar-refractivity contribution in [1.29, 1.82) is 0 Å². The van der Waals surface area contributed by atoms with Gasteiger partial charge in [-0.1, -0.05) is 18.2 Å². The number of carbonyl (C=O) groups is 1. The lowest BCUT2D eigenvalue weighted by Gasteiger charge is -2.37. The average molecular weight is 474 g/mol. The van der Waals surface area contributed by atoms with Crippen LogP contribution in [-0.2, 0) is 4.74 Å². The molecule has 0 atom stereocenters. The molecule has 10 nitrogen and oxygen atoms in total. The number of ether oxygens (including phenoxy) is 1. The molecule has 5 rings (SSSR count). The lowest BCUT2D eigenvalue weighted by molar-refractivity contribution is 0.0526. The van der Waals surface area contributed by atoms with Crippen molar-refractivity contribution >= 4 is 28.4 Å². The average Bonchev–Trinajstić information content (AvgIpc) is 3.38. The van der Waals surface area contributed by atoms with E-state index in [2.05, 4.69) is 22.0 Å². The highest BCUT2D eigenvalue weighted by atomic mass is 16.5. The fourth-order valence-electron chi connectivity index (χ4n) is 4.26. The van der Waals surface area contributed by atoms with Crippen molar-refractivity contribution in [2.24, 2.45) is 5.73 Å². The van der Waals surface area contributed by atoms with Gasteiger partial charge < -0.3 is 25.5 Å². The van der Waals surface area contributed by atoms with Crippen molar-refractivity contribution in [3.8, 4) is 22.8 Å². The third-order valence-corrected chi connectivity index (χ3v) is 6.30. The highest BCUT2D eigenvalue weighted by molar-refractivity contribution is 5.97. The second kappa shape index (κ2) is 8.95. The fourth-order valence-corrected chi connectivity index (χ4v) is 4.26. The molecule has 0 bridgehead atoms. The van der Waals surface area contributed by atoms with E-state index >= 15 is 0 Å². The van der Waals surface area contributed by atoms with Gasteiger partial charge in [0.2, 0.25) is 6.39 Å². The topological polar surface area (TPSA) is 146 Å². The first kappa shape index (κ1) is 22.7. The maximum absolute atomic E-state index is 12.1. The van der Waals surface area contributed by atoms with Gasteiger partial charge in [0.15, 0.2) is 17.3 Å². The Morgan fingerprint density at radius 2 is 1.86 bits per heavy atom. The molecular formula is C25H27N7O3. The highest BCUT2D eigenvalue weighted by Crippen LogP contribution is 2.35. The van der Waals surface area contributed by atoms with Gasteiger partial charge in [-0.15, -0.1) is 10.2 Å². The standard InChI is InChI=1S/C25H27N7O3/c1-3-34-24(33)18-7-5-15-12-17(6-4-16(15)13-18)19-21(26)30-22(20(29-19)23-31-28-14-35-23)32-10-8-25(2,27)9-11-32/h4-7,12-14H,3,8-11,27H2,1-2H3,(H2,26,30). The van der Waals surface area contributed by atoms with E-state index in [1.54, 1.807) is 19.1 Å². The predicted octanol–water partition coefficient (Wildman–Crippen LogP) is 3.42. The van der Waals surface area contributed by atoms with E-state index in [9.17, 15) is 4.79 Å². The molecule has 3 heterocycles. The van der Waals surface area contributed by atoms with Gasteiger partial charge in [0.1, 0.15) is 5.69 Å². The van der Waals surface area contributed by atoms with Gasteiger partial charge in [-0.05, 0) is 55.7 Å². The SMILES string of the molecule is CCOC(=O)c1ccc2cc(-c3nc(-c4nnco4)c(N4CCC(C)(N)CC4)nc3N)ccc2c1. The molecule has 180 valence electrons. The summed E-state index contributed by atoms with van der Waals surface area (Å²) in [5.41, 5.74) is 14.8. The normalized spacial score (nSPS) is 15.3. The number of esters is 1. The van der Waals surface area contributed by atoms with Gasteiger partial charge in [-0.25, -0.2) is 14.8 Å². The van der Waals surface area contributed by atoms with Crippen LogP contribution in [0.15, 0.2) is 47.2 Å². The molecule has 2 aromatic heterocycles. The number of piperidine rings is 1. The van der Waals surface area contributed by atoms with E-state index in [-0.39, 0.29) is 17.4 Å². The Bertz CT molecular complexity index is 1380. The number of nitrogen functional groups attached to an aromatic ring is 1. The molecule has 10 heteroatoms. The van der Waals surface area contributed by atoms with Crippen LogP contribution in [0.1, 0.15) is 37.0 Å². The summed E-state index contributed by atoms with van der Waals surface area (Å²) in [6, 6.07) is 11.2. The van der Waals surface area contributed by atoms with Gasteiger partial charge in [0.05, 0.1) is 12.2 Å². The van der Waals surface area contributed by atoms with Gasteiger partial charge in [-0.2, -0.15) is 0 Å². The summed E-state index contributed by atoms with van der Waals surface area (Å²) in [6.07, 6.45) is 2.90. The molecule has 1 saturated heterocycles. The van der Waals surface area contributed by atoms with Crippen LogP contribution in [0.25, 0.3) is 33.6 Å². The quantitative estimate of drug-likeness (QED) is 0.413. The summed E-state index contributed by atoms with van der Waals surface area (Å²) in [5, 5.41) is 9.72. The van der Waals surface area contributed by atoms with Crippen molar-refractivity contribution in [2.45, 2.75) is 32.2 Å². The van der Waals surface area contributed by atoms with Crippen molar-refractivity contribution in [1.82, 2.24) is 20.2 Å². The Morgan fingerprint density at radius 3 is 2.57 bits per heavy atom. The maximum Gasteiger partial charge on any atom is 0.338 e. The smallest absolute Gasteiger partial charge is 0.338 e. The van der Waals surface area contributed by atoms with E-state index < -0.39 is 0 Å². The predicted molar refractivity (Wildman–Crippen MR) is 133 cm³/mol. The first-order valence-electron chi connectivity index (χ1n) is 11.5. The maximum atomic E-state index is 12.1. The molecule has 2 aromatic carbocycles. The van der Waals surface area contributed by atoms with Crippen LogP contribution in [0.4, 0.5) is 11.6 Å². The Morgan fingerprint density at radius 1 is 1.11 bits per heavy atom. The first-order valence-corrected chi connectivity index (χ1v) is 11.5. The van der Waals surface area contributed by atoms with Crippen LogP contribution in [0.3, 0.4) is 0 Å². The molecule has 4 N–H and O–H groups in total. The Balaban J connectivity index is 1.55. The summed E-state index contributed by atoms with van der Waals surface area (Å²) < 4.78 is 10.6. The molecule has 1 aliphatic rings. The number of fused-ring (bicyclic) bond motifs is 1. The van der Waals surface area contributed by atoms with E-state index in [0.29, 0.717) is 35.2 Å². The minimum absolute atomic E-state index is 0.210. The molecule has 0 radical (unpaired) electrons. The zero-order valence-electron chi connectivity index (χ0n) is 19.7. The van der Waals surface area contributed by atoms with Crippen molar-refractivity contribution in [3.63, 3.8) is 0 Å². The molecule has 4 aromatic rings. The summed E-state index contributed by atoms with van der Waals surface area (Å²) in [5.74, 6) is 0.827. The molecule has 0 aliphatic carbocycles. The van der Waals surface area contributed by atoms with Crippen LogP contribution in [0.2, 0.25) is 0 Å². The first-order chi connectivity index (χ1) is 16.8. The lowest BCUT2D eigenvalue weighted by atomic mass is 9.91. The summed E-state index contributed by atoms with van der Waals surface area (Å²) in [6.45, 7) is 5.61.